The van der Waals surface area contributed by atoms with Crippen LogP contribution in [0.25, 0.3) is 0 Å². The first-order valence-electron chi connectivity index (χ1n) is 5.67. The van der Waals surface area contributed by atoms with Crippen LogP contribution in [0, 0.1) is 11.8 Å². The van der Waals surface area contributed by atoms with Crippen LogP contribution in [0.5, 0.6) is 0 Å². The van der Waals surface area contributed by atoms with E-state index < -0.39 is 9.84 Å². The van der Waals surface area contributed by atoms with Crippen molar-refractivity contribution in [2.45, 2.75) is 0 Å². The number of sulfone groups is 1. The zero-order chi connectivity index (χ0) is 14.3. The minimum Gasteiger partial charge on any atom is -0.351 e. The van der Waals surface area contributed by atoms with Gasteiger partial charge in [-0.3, -0.25) is 4.79 Å². The maximum absolute atomic E-state index is 11.7. The van der Waals surface area contributed by atoms with Crippen molar-refractivity contribution in [3.63, 3.8) is 0 Å². The molecule has 0 spiro atoms. The summed E-state index contributed by atoms with van der Waals surface area (Å²) in [7, 11) is -3.06. The molecule has 1 rings (SSSR count). The number of nitrogens with two attached hydrogens (primary N) is 1. The molecule has 1 aromatic rings. The van der Waals surface area contributed by atoms with Gasteiger partial charge in [-0.05, 0) is 24.3 Å². The van der Waals surface area contributed by atoms with Gasteiger partial charge in [0.05, 0.1) is 12.3 Å². The Morgan fingerprint density at radius 3 is 2.47 bits per heavy atom. The van der Waals surface area contributed by atoms with Crippen molar-refractivity contribution in [1.29, 1.82) is 0 Å². The molecule has 0 aromatic heterocycles. The molecule has 102 valence electrons. The lowest BCUT2D eigenvalue weighted by molar-refractivity contribution is 0.0956. The second-order valence-corrected chi connectivity index (χ2v) is 6.23. The largest absolute Gasteiger partial charge is 0.351 e. The Balaban J connectivity index is 2.58. The first kappa shape index (κ1) is 15.2. The van der Waals surface area contributed by atoms with Crippen LogP contribution in [0.2, 0.25) is 0 Å². The van der Waals surface area contributed by atoms with Gasteiger partial charge in [-0.2, -0.15) is 0 Å². The highest BCUT2D eigenvalue weighted by Gasteiger charge is 2.06. The predicted molar refractivity (Wildman–Crippen MR) is 74.4 cm³/mol. The molecule has 0 aliphatic carbocycles. The highest BCUT2D eigenvalue weighted by molar-refractivity contribution is 7.90. The molecule has 0 heterocycles. The fourth-order valence-electron chi connectivity index (χ4n) is 1.31. The van der Waals surface area contributed by atoms with Crippen LogP contribution in [-0.2, 0) is 9.84 Å². The van der Waals surface area contributed by atoms with E-state index in [0.29, 0.717) is 5.56 Å². The molecule has 6 heteroatoms. The van der Waals surface area contributed by atoms with E-state index in [1.807, 2.05) is 0 Å². The van der Waals surface area contributed by atoms with E-state index in [0.717, 1.165) is 11.8 Å². The molecule has 0 atom stereocenters. The summed E-state index contributed by atoms with van der Waals surface area (Å²) in [5.74, 6) is 5.19. The Labute approximate surface area is 113 Å². The predicted octanol–water partition coefficient (Wildman–Crippen LogP) is -0.229. The fourth-order valence-corrected chi connectivity index (χ4v) is 1.78. The Morgan fingerprint density at radius 2 is 1.95 bits per heavy atom. The fraction of sp³-hybridized carbons (Fsp3) is 0.308. The van der Waals surface area contributed by atoms with Gasteiger partial charge in [0.15, 0.2) is 0 Å². The SMILES string of the molecule is CS(=O)(=O)CCNC(=O)c1ccc(C#CCN)cc1. The lowest BCUT2D eigenvalue weighted by Crippen LogP contribution is -2.28. The first-order chi connectivity index (χ1) is 8.92. The van der Waals surface area contributed by atoms with Gasteiger partial charge in [-0.15, -0.1) is 0 Å². The Morgan fingerprint density at radius 1 is 1.32 bits per heavy atom. The molecule has 1 aromatic carbocycles. The van der Waals surface area contributed by atoms with Crippen LogP contribution < -0.4 is 11.1 Å². The molecular weight excluding hydrogens is 264 g/mol. The van der Waals surface area contributed by atoms with Crippen molar-refractivity contribution in [3.05, 3.63) is 35.4 Å². The number of nitrogens with one attached hydrogen (secondary N) is 1. The smallest absolute Gasteiger partial charge is 0.251 e. The van der Waals surface area contributed by atoms with Crippen molar-refractivity contribution in [1.82, 2.24) is 5.32 Å². The van der Waals surface area contributed by atoms with Crippen molar-refractivity contribution in [2.75, 3.05) is 25.1 Å². The summed E-state index contributed by atoms with van der Waals surface area (Å²) in [6.07, 6.45) is 1.13. The lowest BCUT2D eigenvalue weighted by atomic mass is 10.1. The summed E-state index contributed by atoms with van der Waals surface area (Å²) in [4.78, 5) is 11.7. The average Bonchev–Trinajstić information content (AvgIpc) is 2.35. The number of amides is 1. The van der Waals surface area contributed by atoms with E-state index in [1.165, 1.54) is 0 Å². The lowest BCUT2D eigenvalue weighted by Gasteiger charge is -2.04. The molecule has 0 saturated heterocycles. The molecule has 3 N–H and O–H groups in total. The number of hydrogen-bond donors (Lipinski definition) is 2. The average molecular weight is 280 g/mol. The molecule has 0 unspecified atom stereocenters. The second-order valence-electron chi connectivity index (χ2n) is 3.97. The molecule has 0 aliphatic heterocycles. The van der Waals surface area contributed by atoms with Crippen LogP contribution in [-0.4, -0.2) is 39.4 Å². The number of hydrogen-bond acceptors (Lipinski definition) is 4. The van der Waals surface area contributed by atoms with E-state index in [4.69, 9.17) is 5.73 Å². The molecule has 0 bridgehead atoms. The number of benzene rings is 1. The zero-order valence-electron chi connectivity index (χ0n) is 10.6. The van der Waals surface area contributed by atoms with E-state index >= 15 is 0 Å². The summed E-state index contributed by atoms with van der Waals surface area (Å²) in [5.41, 5.74) is 6.50. The third kappa shape index (κ3) is 6.04. The van der Waals surface area contributed by atoms with Crippen LogP contribution in [0.15, 0.2) is 24.3 Å². The van der Waals surface area contributed by atoms with Crippen LogP contribution >= 0.6 is 0 Å². The molecule has 0 radical (unpaired) electrons. The third-order valence-electron chi connectivity index (χ3n) is 2.24. The van der Waals surface area contributed by atoms with Gasteiger partial charge in [0.1, 0.15) is 9.84 Å². The Hall–Kier alpha value is -1.84. The molecule has 0 fully saturated rings. The first-order valence-corrected chi connectivity index (χ1v) is 7.73. The zero-order valence-corrected chi connectivity index (χ0v) is 11.5. The quantitative estimate of drug-likeness (QED) is 0.746. The Kier molecular flexibility index (Phi) is 5.55. The standard InChI is InChI=1S/C13H16N2O3S/c1-19(17,18)10-9-15-13(16)12-6-4-11(5-7-12)3-2-8-14/h4-7H,8-10,14H2,1H3,(H,15,16). The van der Waals surface area contributed by atoms with Gasteiger partial charge in [-0.25, -0.2) is 8.42 Å². The van der Waals surface area contributed by atoms with E-state index in [9.17, 15) is 13.2 Å². The summed E-state index contributed by atoms with van der Waals surface area (Å²) in [6, 6.07) is 6.70. The van der Waals surface area contributed by atoms with Gasteiger partial charge in [0.2, 0.25) is 0 Å². The van der Waals surface area contributed by atoms with Gasteiger partial charge >= 0.3 is 0 Å². The van der Waals surface area contributed by atoms with Crippen molar-refractivity contribution in [2.24, 2.45) is 5.73 Å². The van der Waals surface area contributed by atoms with Gasteiger partial charge < -0.3 is 11.1 Å². The minimum atomic E-state index is -3.06. The molecule has 0 saturated carbocycles. The summed E-state index contributed by atoms with van der Waals surface area (Å²) >= 11 is 0. The number of carbonyl (C=O) groups excluding carboxylic acids is 1. The van der Waals surface area contributed by atoms with Gasteiger partial charge in [0.25, 0.3) is 5.91 Å². The van der Waals surface area contributed by atoms with Crippen molar-refractivity contribution in [3.8, 4) is 11.8 Å². The Bertz CT molecular complexity index is 595. The summed E-state index contributed by atoms with van der Waals surface area (Å²) < 4.78 is 21.8. The van der Waals surface area contributed by atoms with Crippen LogP contribution in [0.3, 0.4) is 0 Å². The molecule has 1 amide bonds. The number of carbonyl (C=O) groups is 1. The normalized spacial score (nSPS) is 10.4. The minimum absolute atomic E-state index is 0.0706. The van der Waals surface area contributed by atoms with E-state index in [-0.39, 0.29) is 24.7 Å². The molecular formula is C13H16N2O3S. The van der Waals surface area contributed by atoms with E-state index in [2.05, 4.69) is 17.2 Å². The highest BCUT2D eigenvalue weighted by Crippen LogP contribution is 2.03. The van der Waals surface area contributed by atoms with E-state index in [1.54, 1.807) is 24.3 Å². The maximum atomic E-state index is 11.7. The van der Waals surface area contributed by atoms with Crippen LogP contribution in [0.4, 0.5) is 0 Å². The summed E-state index contributed by atoms with van der Waals surface area (Å²) in [5, 5.41) is 2.54. The molecule has 5 nitrogen and oxygen atoms in total. The monoisotopic (exact) mass is 280 g/mol. The van der Waals surface area contributed by atoms with Gasteiger partial charge in [-0.1, -0.05) is 11.8 Å². The summed E-state index contributed by atoms with van der Waals surface area (Å²) in [6.45, 7) is 0.389. The van der Waals surface area contributed by atoms with Crippen molar-refractivity contribution < 1.29 is 13.2 Å². The van der Waals surface area contributed by atoms with Crippen LogP contribution in [0.1, 0.15) is 15.9 Å². The second kappa shape index (κ2) is 6.92. The van der Waals surface area contributed by atoms with Gasteiger partial charge in [0, 0.05) is 23.9 Å². The molecule has 19 heavy (non-hydrogen) atoms. The third-order valence-corrected chi connectivity index (χ3v) is 3.19. The number of rotatable bonds is 4. The van der Waals surface area contributed by atoms with Crippen molar-refractivity contribution >= 4 is 15.7 Å². The molecule has 0 aliphatic rings. The highest BCUT2D eigenvalue weighted by atomic mass is 32.2. The maximum Gasteiger partial charge on any atom is 0.251 e. The topological polar surface area (TPSA) is 89.3 Å².